The molecule has 1 unspecified atom stereocenters. The summed E-state index contributed by atoms with van der Waals surface area (Å²) in [4.78, 5) is 25.2. The van der Waals surface area contributed by atoms with Crippen molar-refractivity contribution in [2.24, 2.45) is 0 Å². The third-order valence-corrected chi connectivity index (χ3v) is 14.1. The van der Waals surface area contributed by atoms with Crippen molar-refractivity contribution >= 4 is 35.5 Å². The number of benzene rings is 2. The molecule has 0 saturated heterocycles. The second-order valence-electron chi connectivity index (χ2n) is 16.8. The summed E-state index contributed by atoms with van der Waals surface area (Å²) in [6.07, 6.45) is 12.5. The highest BCUT2D eigenvalue weighted by atomic mass is 32.2. The van der Waals surface area contributed by atoms with Crippen LogP contribution in [-0.4, -0.2) is 46.2 Å². The lowest BCUT2D eigenvalue weighted by atomic mass is 9.76. The maximum Gasteiger partial charge on any atom is 0.338 e. The van der Waals surface area contributed by atoms with Gasteiger partial charge in [-0.2, -0.15) is 23.5 Å². The fraction of sp³-hybridized carbons (Fsp3) is 0.574. The lowest BCUT2D eigenvalue weighted by molar-refractivity contribution is -0.153. The fourth-order valence-electron chi connectivity index (χ4n) is 7.37. The van der Waals surface area contributed by atoms with Gasteiger partial charge in [0.1, 0.15) is 23.9 Å². The van der Waals surface area contributed by atoms with Crippen LogP contribution in [-0.2, 0) is 24.5 Å². The number of ether oxygens (including phenoxy) is 4. The summed E-state index contributed by atoms with van der Waals surface area (Å²) in [5.41, 5.74) is 6.10. The van der Waals surface area contributed by atoms with Gasteiger partial charge in [-0.05, 0) is 114 Å². The highest BCUT2D eigenvalue weighted by Crippen LogP contribution is 2.40. The Bertz CT molecular complexity index is 1700. The average molecular weight is 791 g/mol. The number of carbonyl (C=O) groups excluding carboxylic acids is 2. The van der Waals surface area contributed by atoms with Crippen molar-refractivity contribution in [2.75, 3.05) is 18.1 Å². The van der Waals surface area contributed by atoms with Crippen molar-refractivity contribution in [3.05, 3.63) is 93.5 Å². The Morgan fingerprint density at radius 2 is 1.15 bits per heavy atom. The van der Waals surface area contributed by atoms with E-state index in [9.17, 15) is 9.59 Å². The van der Waals surface area contributed by atoms with Crippen molar-refractivity contribution in [1.82, 2.24) is 0 Å². The van der Waals surface area contributed by atoms with Gasteiger partial charge >= 0.3 is 11.9 Å². The zero-order valence-electron chi connectivity index (χ0n) is 35.3. The number of esters is 2. The summed E-state index contributed by atoms with van der Waals surface area (Å²) in [5.74, 6) is 3.25. The van der Waals surface area contributed by atoms with E-state index in [1.807, 2.05) is 37.4 Å². The Labute approximate surface area is 340 Å². The number of carbonyl (C=O) groups is 2. The normalized spacial score (nSPS) is 17.1. The quantitative estimate of drug-likeness (QED) is 0.0891. The SMILES string of the molecule is C=C(C)C(=O)O/C(C)=C(/CSC1CCCCC1)Oc1c(C)cc(C(C)(C)c2cc(C)c(OCC(C)(CSC3CCCCC3)OC(=O)C(=C)C)c(C)c2)cc1C. The smallest absolute Gasteiger partial charge is 0.338 e. The van der Waals surface area contributed by atoms with Crippen LogP contribution < -0.4 is 9.47 Å². The maximum atomic E-state index is 12.7. The zero-order chi connectivity index (χ0) is 40.5. The lowest BCUT2D eigenvalue weighted by Crippen LogP contribution is -2.41. The Balaban J connectivity index is 1.55. The van der Waals surface area contributed by atoms with Crippen LogP contribution in [0.1, 0.15) is 139 Å². The zero-order valence-corrected chi connectivity index (χ0v) is 37.0. The Hall–Kier alpha value is -3.10. The monoisotopic (exact) mass is 790 g/mol. The Morgan fingerprint density at radius 1 is 0.691 bits per heavy atom. The van der Waals surface area contributed by atoms with Gasteiger partial charge in [0, 0.05) is 32.8 Å². The fourth-order valence-corrected chi connectivity index (χ4v) is 10.1. The minimum Gasteiger partial charge on any atom is -0.489 e. The minimum atomic E-state index is -0.789. The van der Waals surface area contributed by atoms with E-state index in [0.29, 0.717) is 44.7 Å². The van der Waals surface area contributed by atoms with Crippen molar-refractivity contribution in [3.63, 3.8) is 0 Å². The van der Waals surface area contributed by atoms with E-state index in [0.717, 1.165) is 33.8 Å². The summed E-state index contributed by atoms with van der Waals surface area (Å²) in [5, 5.41) is 1.17. The predicted octanol–water partition coefficient (Wildman–Crippen LogP) is 12.4. The van der Waals surface area contributed by atoms with Crippen molar-refractivity contribution in [1.29, 1.82) is 0 Å². The molecule has 2 aromatic rings. The number of hydrogen-bond donors (Lipinski definition) is 0. The molecule has 302 valence electrons. The average Bonchev–Trinajstić information content (AvgIpc) is 3.13. The molecule has 2 aromatic carbocycles. The Kier molecular flexibility index (Phi) is 16.1. The Morgan fingerprint density at radius 3 is 1.62 bits per heavy atom. The van der Waals surface area contributed by atoms with E-state index >= 15 is 0 Å². The first kappa shape index (κ1) is 44.6. The van der Waals surface area contributed by atoms with Crippen LogP contribution in [0.15, 0.2) is 60.1 Å². The van der Waals surface area contributed by atoms with Crippen LogP contribution in [0.3, 0.4) is 0 Å². The molecule has 0 N–H and O–H groups in total. The van der Waals surface area contributed by atoms with Crippen LogP contribution in [0.5, 0.6) is 11.5 Å². The van der Waals surface area contributed by atoms with Crippen LogP contribution in [0.4, 0.5) is 0 Å². The summed E-state index contributed by atoms with van der Waals surface area (Å²) >= 11 is 3.79. The van der Waals surface area contributed by atoms with E-state index in [4.69, 9.17) is 18.9 Å². The molecule has 0 aliphatic heterocycles. The minimum absolute atomic E-state index is 0.261. The number of allylic oxidation sites excluding steroid dienone is 1. The topological polar surface area (TPSA) is 71.1 Å². The maximum absolute atomic E-state index is 12.7. The molecule has 0 bridgehead atoms. The first-order valence-corrected chi connectivity index (χ1v) is 22.2. The molecular weight excluding hydrogens is 725 g/mol. The number of aryl methyl sites for hydroxylation is 4. The molecule has 2 aliphatic rings. The van der Waals surface area contributed by atoms with Crippen molar-refractivity contribution in [2.45, 2.75) is 155 Å². The molecule has 4 rings (SSSR count). The highest BCUT2D eigenvalue weighted by Gasteiger charge is 2.33. The second kappa shape index (κ2) is 19.9. The van der Waals surface area contributed by atoms with Gasteiger partial charge in [0.25, 0.3) is 0 Å². The van der Waals surface area contributed by atoms with E-state index in [2.05, 4.69) is 79.0 Å². The molecule has 55 heavy (non-hydrogen) atoms. The van der Waals surface area contributed by atoms with Crippen molar-refractivity contribution in [3.8, 4) is 11.5 Å². The van der Waals surface area contributed by atoms with Gasteiger partial charge in [-0.15, -0.1) is 0 Å². The third kappa shape index (κ3) is 12.4. The van der Waals surface area contributed by atoms with E-state index < -0.39 is 11.6 Å². The molecule has 1 atom stereocenters. The predicted molar refractivity (Wildman–Crippen MR) is 232 cm³/mol. The molecule has 0 aromatic heterocycles. The number of thioether (sulfide) groups is 2. The van der Waals surface area contributed by atoms with Gasteiger partial charge < -0.3 is 18.9 Å². The summed E-state index contributed by atoms with van der Waals surface area (Å²) < 4.78 is 25.0. The summed E-state index contributed by atoms with van der Waals surface area (Å²) in [6, 6.07) is 8.86. The van der Waals surface area contributed by atoms with E-state index in [1.54, 1.807) is 13.8 Å². The van der Waals surface area contributed by atoms with Crippen LogP contribution in [0.2, 0.25) is 0 Å². The first-order valence-electron chi connectivity index (χ1n) is 20.1. The molecular formula is C47H66O6S2. The van der Waals surface area contributed by atoms with E-state index in [-0.39, 0.29) is 18.0 Å². The van der Waals surface area contributed by atoms with Crippen LogP contribution in [0, 0.1) is 27.7 Å². The molecule has 2 fully saturated rings. The van der Waals surface area contributed by atoms with Gasteiger partial charge in [-0.3, -0.25) is 0 Å². The number of rotatable bonds is 17. The van der Waals surface area contributed by atoms with Crippen LogP contribution in [0.25, 0.3) is 0 Å². The van der Waals surface area contributed by atoms with Gasteiger partial charge in [-0.25, -0.2) is 9.59 Å². The van der Waals surface area contributed by atoms with Gasteiger partial charge in [-0.1, -0.05) is 89.8 Å². The lowest BCUT2D eigenvalue weighted by Gasteiger charge is -2.33. The molecule has 0 heterocycles. The van der Waals surface area contributed by atoms with Crippen LogP contribution >= 0.6 is 23.5 Å². The molecule has 6 nitrogen and oxygen atoms in total. The first-order chi connectivity index (χ1) is 25.9. The van der Waals surface area contributed by atoms with Crippen molar-refractivity contribution < 1.29 is 28.5 Å². The molecule has 2 saturated carbocycles. The van der Waals surface area contributed by atoms with Gasteiger partial charge in [0.05, 0.1) is 5.75 Å². The highest BCUT2D eigenvalue weighted by molar-refractivity contribution is 8.00. The van der Waals surface area contributed by atoms with Gasteiger partial charge in [0.2, 0.25) is 0 Å². The molecule has 2 aliphatic carbocycles. The standard InChI is InChI=1S/C47H66O6S2/c1-30(2)44(48)51-36(9)41(27-54-39-19-15-13-16-20-39)52-43-34(7)25-38(26-35(43)8)46(10,11)37-23-32(5)42(33(6)24-37)50-28-47(12,53-45(49)31(3)4)29-55-40-21-17-14-18-22-40/h23-26,39-40H,1,3,13-22,27-29H2,2,4-12H3/b41-36-. The third-order valence-electron chi connectivity index (χ3n) is 11.0. The molecule has 0 radical (unpaired) electrons. The number of hydrogen-bond acceptors (Lipinski definition) is 8. The molecule has 0 amide bonds. The molecule has 8 heteroatoms. The van der Waals surface area contributed by atoms with Gasteiger partial charge in [0.15, 0.2) is 11.4 Å². The second-order valence-corrected chi connectivity index (χ2v) is 19.4. The summed E-state index contributed by atoms with van der Waals surface area (Å²) in [6.45, 7) is 27.8. The van der Waals surface area contributed by atoms with E-state index in [1.165, 1.54) is 75.3 Å². The molecule has 0 spiro atoms. The largest absolute Gasteiger partial charge is 0.489 e. The summed E-state index contributed by atoms with van der Waals surface area (Å²) in [7, 11) is 0.